The van der Waals surface area contributed by atoms with Crippen LogP contribution in [0.2, 0.25) is 0 Å². The maximum atomic E-state index is 5.16. The lowest BCUT2D eigenvalue weighted by Crippen LogP contribution is -2.35. The molecule has 3 heteroatoms. The van der Waals surface area contributed by atoms with Crippen LogP contribution in [0, 0.1) is 5.92 Å². The molecule has 57 heavy (non-hydrogen) atoms. The van der Waals surface area contributed by atoms with Crippen molar-refractivity contribution in [2.24, 2.45) is 5.92 Å². The molecule has 0 amide bonds. The maximum Gasteiger partial charge on any atom is 0.164 e. The first kappa shape index (κ1) is 33.6. The molecule has 0 radical (unpaired) electrons. The topological polar surface area (TPSA) is 38.7 Å². The number of allylic oxidation sites excluding steroid dienone is 2. The molecular weight excluding hydrogens is 691 g/mol. The third-order valence-corrected chi connectivity index (χ3v) is 12.6. The number of aromatic nitrogens is 3. The summed E-state index contributed by atoms with van der Waals surface area (Å²) in [4.78, 5) is 15.3. The highest BCUT2D eigenvalue weighted by Crippen LogP contribution is 2.61. The molecule has 2 atom stereocenters. The van der Waals surface area contributed by atoms with E-state index in [9.17, 15) is 0 Å². The normalized spacial score (nSPS) is 17.8. The van der Waals surface area contributed by atoms with E-state index in [0.717, 1.165) is 45.7 Å². The van der Waals surface area contributed by atoms with Gasteiger partial charge < -0.3 is 0 Å². The van der Waals surface area contributed by atoms with Crippen LogP contribution in [0.4, 0.5) is 0 Å². The maximum absolute atomic E-state index is 5.16. The summed E-state index contributed by atoms with van der Waals surface area (Å²) in [6.07, 6.45) is 8.71. The Hall–Kier alpha value is -6.71. The highest BCUT2D eigenvalue weighted by Gasteiger charge is 2.49. The van der Waals surface area contributed by atoms with Crippen LogP contribution in [0.3, 0.4) is 0 Å². The molecule has 0 saturated heterocycles. The van der Waals surface area contributed by atoms with Gasteiger partial charge in [-0.2, -0.15) is 0 Å². The van der Waals surface area contributed by atoms with E-state index in [1.165, 1.54) is 64.6 Å². The Labute approximate surface area is 334 Å². The van der Waals surface area contributed by atoms with Crippen LogP contribution >= 0.6 is 0 Å². The van der Waals surface area contributed by atoms with Crippen molar-refractivity contribution >= 4 is 0 Å². The van der Waals surface area contributed by atoms with Gasteiger partial charge in [0.05, 0.1) is 0 Å². The summed E-state index contributed by atoms with van der Waals surface area (Å²) < 4.78 is 0. The fourth-order valence-corrected chi connectivity index (χ4v) is 9.85. The SMILES string of the molecule is C1=C2CC(CC1)CCC21c2ccc(-c3ccccc3)cc2-c2ccc(-c3cc(-c4ccccc4)cc(-c4nc(-c5ccccc5)nc(-c5ccccc5)n4)c3)cc21. The average molecular weight is 732 g/mol. The van der Waals surface area contributed by atoms with Crippen LogP contribution in [0.25, 0.3) is 78.7 Å². The van der Waals surface area contributed by atoms with Gasteiger partial charge in [-0.05, 0) is 124 Å². The molecular formula is C54H41N3. The molecule has 8 aromatic rings. The molecule has 1 saturated carbocycles. The molecule has 1 heterocycles. The zero-order chi connectivity index (χ0) is 37.8. The zero-order valence-electron chi connectivity index (χ0n) is 31.8. The van der Waals surface area contributed by atoms with Crippen molar-refractivity contribution in [1.29, 1.82) is 0 Å². The Balaban J connectivity index is 1.11. The van der Waals surface area contributed by atoms with Gasteiger partial charge in [0.1, 0.15) is 0 Å². The third-order valence-electron chi connectivity index (χ3n) is 12.6. The second-order valence-electron chi connectivity index (χ2n) is 15.9. The lowest BCUT2D eigenvalue weighted by molar-refractivity contribution is 0.313. The Morgan fingerprint density at radius 1 is 0.386 bits per heavy atom. The van der Waals surface area contributed by atoms with E-state index in [1.807, 2.05) is 36.4 Å². The summed E-state index contributed by atoms with van der Waals surface area (Å²) in [6.45, 7) is 0. The van der Waals surface area contributed by atoms with Crippen LogP contribution in [0.5, 0.6) is 0 Å². The Bertz CT molecular complexity index is 2750. The van der Waals surface area contributed by atoms with Gasteiger partial charge in [-0.15, -0.1) is 0 Å². The van der Waals surface area contributed by atoms with E-state index in [1.54, 1.807) is 5.57 Å². The Morgan fingerprint density at radius 3 is 1.53 bits per heavy atom. The number of hydrogen-bond acceptors (Lipinski definition) is 3. The van der Waals surface area contributed by atoms with E-state index < -0.39 is 0 Å². The monoisotopic (exact) mass is 731 g/mol. The second kappa shape index (κ2) is 13.8. The number of hydrogen-bond donors (Lipinski definition) is 0. The minimum Gasteiger partial charge on any atom is -0.208 e. The van der Waals surface area contributed by atoms with E-state index in [4.69, 9.17) is 15.0 Å². The van der Waals surface area contributed by atoms with Crippen LogP contribution in [-0.2, 0) is 5.41 Å². The highest BCUT2D eigenvalue weighted by molar-refractivity contribution is 5.90. The Morgan fingerprint density at radius 2 is 0.895 bits per heavy atom. The van der Waals surface area contributed by atoms with Crippen LogP contribution < -0.4 is 0 Å². The van der Waals surface area contributed by atoms with Crippen molar-refractivity contribution < 1.29 is 0 Å². The molecule has 1 fully saturated rings. The van der Waals surface area contributed by atoms with Gasteiger partial charge in [0, 0.05) is 22.1 Å². The smallest absolute Gasteiger partial charge is 0.164 e. The van der Waals surface area contributed by atoms with Gasteiger partial charge in [0.15, 0.2) is 17.5 Å². The molecule has 11 rings (SSSR count). The summed E-state index contributed by atoms with van der Waals surface area (Å²) in [6, 6.07) is 63.3. The van der Waals surface area contributed by atoms with Gasteiger partial charge >= 0.3 is 0 Å². The molecule has 1 aromatic heterocycles. The summed E-state index contributed by atoms with van der Waals surface area (Å²) in [5, 5.41) is 0. The third kappa shape index (κ3) is 5.85. The summed E-state index contributed by atoms with van der Waals surface area (Å²) in [7, 11) is 0. The standard InChI is InChI=1S/C54H41N3/c1-5-15-37(16-6-1)41-25-27-49-48(34-41)47-26-24-42(35-50(47)54(49)29-28-36-14-13-23-46(54)30-36)44-31-43(38-17-7-2-8-18-38)32-45(33-44)53-56-51(39-19-9-3-10-20-39)55-52(57-53)40-21-11-4-12-22-40/h1-12,15-27,31-36H,13-14,28-30H2. The number of fused-ring (bicyclic) bond motifs is 8. The summed E-state index contributed by atoms with van der Waals surface area (Å²) in [5.41, 5.74) is 17.3. The van der Waals surface area contributed by atoms with E-state index in [0.29, 0.717) is 17.5 Å². The lowest BCUT2D eigenvalue weighted by atomic mass is 9.59. The van der Waals surface area contributed by atoms with Gasteiger partial charge in [-0.25, -0.2) is 15.0 Å². The largest absolute Gasteiger partial charge is 0.208 e. The first-order valence-electron chi connectivity index (χ1n) is 20.3. The van der Waals surface area contributed by atoms with Crippen LogP contribution in [0.15, 0.2) is 188 Å². The first-order valence-corrected chi connectivity index (χ1v) is 20.3. The van der Waals surface area contributed by atoms with Gasteiger partial charge in [0.25, 0.3) is 0 Å². The fraction of sp³-hybridized carbons (Fsp3) is 0.130. The minimum absolute atomic E-state index is 0.101. The predicted molar refractivity (Wildman–Crippen MR) is 233 cm³/mol. The predicted octanol–water partition coefficient (Wildman–Crippen LogP) is 13.7. The molecule has 3 nitrogen and oxygen atoms in total. The number of rotatable bonds is 6. The summed E-state index contributed by atoms with van der Waals surface area (Å²) in [5.74, 6) is 2.77. The summed E-state index contributed by atoms with van der Waals surface area (Å²) >= 11 is 0. The van der Waals surface area contributed by atoms with E-state index >= 15 is 0 Å². The van der Waals surface area contributed by atoms with Gasteiger partial charge in [-0.3, -0.25) is 0 Å². The van der Waals surface area contributed by atoms with Crippen molar-refractivity contribution in [2.75, 3.05) is 0 Å². The van der Waals surface area contributed by atoms with Crippen LogP contribution in [-0.4, -0.2) is 15.0 Å². The van der Waals surface area contributed by atoms with Crippen molar-refractivity contribution in [3.63, 3.8) is 0 Å². The Kier molecular flexibility index (Phi) is 8.13. The second-order valence-corrected chi connectivity index (χ2v) is 15.9. The molecule has 0 N–H and O–H groups in total. The van der Waals surface area contributed by atoms with Crippen molar-refractivity contribution in [3.8, 4) is 78.7 Å². The first-order chi connectivity index (χ1) is 28.2. The van der Waals surface area contributed by atoms with Crippen molar-refractivity contribution in [1.82, 2.24) is 15.0 Å². The van der Waals surface area contributed by atoms with Gasteiger partial charge in [0.2, 0.25) is 0 Å². The quantitative estimate of drug-likeness (QED) is 0.160. The molecule has 272 valence electrons. The molecule has 3 aliphatic carbocycles. The van der Waals surface area contributed by atoms with Crippen LogP contribution in [0.1, 0.15) is 43.2 Å². The average Bonchev–Trinajstić information content (AvgIpc) is 3.57. The van der Waals surface area contributed by atoms with E-state index in [2.05, 4.69) is 146 Å². The minimum atomic E-state index is -0.101. The molecule has 2 bridgehead atoms. The number of nitrogens with zero attached hydrogens (tertiary/aromatic N) is 3. The number of benzene rings is 7. The highest BCUT2D eigenvalue weighted by atomic mass is 15.0. The van der Waals surface area contributed by atoms with Crippen molar-refractivity contribution in [3.05, 3.63) is 199 Å². The lowest BCUT2D eigenvalue weighted by Gasteiger charge is -2.44. The molecule has 1 spiro atoms. The molecule has 7 aromatic carbocycles. The molecule has 2 unspecified atom stereocenters. The molecule has 3 aliphatic rings. The van der Waals surface area contributed by atoms with Crippen molar-refractivity contribution in [2.45, 2.75) is 37.5 Å². The van der Waals surface area contributed by atoms with Gasteiger partial charge in [-0.1, -0.05) is 157 Å². The fourth-order valence-electron chi connectivity index (χ4n) is 9.85. The zero-order valence-corrected chi connectivity index (χ0v) is 31.8. The van der Waals surface area contributed by atoms with E-state index in [-0.39, 0.29) is 5.41 Å². The molecule has 0 aliphatic heterocycles.